The molecule has 2 N–H and O–H groups in total. The van der Waals surface area contributed by atoms with E-state index in [2.05, 4.69) is 9.27 Å². The fourth-order valence-electron chi connectivity index (χ4n) is 1.95. The lowest BCUT2D eigenvalue weighted by molar-refractivity contribution is 0.417. The minimum atomic E-state index is 0.516. The van der Waals surface area contributed by atoms with Crippen molar-refractivity contribution >= 4 is 22.4 Å². The lowest BCUT2D eigenvalue weighted by Gasteiger charge is -2.20. The van der Waals surface area contributed by atoms with E-state index < -0.39 is 0 Å². The van der Waals surface area contributed by atoms with E-state index in [1.54, 1.807) is 7.11 Å². The van der Waals surface area contributed by atoms with E-state index in [1.165, 1.54) is 37.2 Å². The van der Waals surface area contributed by atoms with Crippen molar-refractivity contribution in [3.63, 3.8) is 0 Å². The van der Waals surface area contributed by atoms with Crippen molar-refractivity contribution in [2.24, 2.45) is 0 Å². The maximum absolute atomic E-state index is 5.75. The predicted octanol–water partition coefficient (Wildman–Crippen LogP) is 2.11. The summed E-state index contributed by atoms with van der Waals surface area (Å²) in [4.78, 5) is 2.35. The van der Waals surface area contributed by atoms with E-state index in [0.717, 1.165) is 23.8 Å². The highest BCUT2D eigenvalue weighted by Crippen LogP contribution is 2.38. The van der Waals surface area contributed by atoms with Crippen LogP contribution in [0.5, 0.6) is 5.75 Å². The second kappa shape index (κ2) is 4.70. The molecule has 0 spiro atoms. The van der Waals surface area contributed by atoms with Gasteiger partial charge in [-0.2, -0.15) is 4.37 Å². The van der Waals surface area contributed by atoms with Crippen molar-refractivity contribution < 1.29 is 4.74 Å². The molecule has 2 heterocycles. The zero-order chi connectivity index (χ0) is 10.7. The van der Waals surface area contributed by atoms with Crippen LogP contribution in [0.4, 0.5) is 10.8 Å². The fraction of sp³-hybridized carbons (Fsp3) is 0.700. The number of nitrogens with two attached hydrogens (primary N) is 1. The first-order valence-electron chi connectivity index (χ1n) is 5.37. The number of ether oxygens (including phenoxy) is 1. The Morgan fingerprint density at radius 1 is 1.27 bits per heavy atom. The summed E-state index contributed by atoms with van der Waals surface area (Å²) >= 11 is 1.44. The first-order chi connectivity index (χ1) is 7.33. The summed E-state index contributed by atoms with van der Waals surface area (Å²) in [7, 11) is 1.65. The molecule has 2 rings (SSSR count). The molecule has 1 fully saturated rings. The monoisotopic (exact) mass is 227 g/mol. The molecule has 0 aromatic carbocycles. The van der Waals surface area contributed by atoms with Crippen LogP contribution in [-0.2, 0) is 0 Å². The molecule has 0 bridgehead atoms. The second-order valence-corrected chi connectivity index (χ2v) is 4.56. The SMILES string of the molecule is COc1c(N)nsc1N1CCCCCC1. The quantitative estimate of drug-likeness (QED) is 0.840. The second-order valence-electron chi connectivity index (χ2n) is 3.81. The van der Waals surface area contributed by atoms with Crippen molar-refractivity contribution in [1.29, 1.82) is 0 Å². The van der Waals surface area contributed by atoms with Crippen LogP contribution in [0.15, 0.2) is 0 Å². The van der Waals surface area contributed by atoms with Crippen molar-refractivity contribution in [3.8, 4) is 5.75 Å². The molecule has 0 amide bonds. The molecule has 1 aromatic heterocycles. The van der Waals surface area contributed by atoms with Crippen molar-refractivity contribution in [2.45, 2.75) is 25.7 Å². The minimum Gasteiger partial charge on any atom is -0.490 e. The molecule has 1 aliphatic rings. The number of hydrogen-bond acceptors (Lipinski definition) is 5. The molecule has 1 saturated heterocycles. The van der Waals surface area contributed by atoms with Crippen LogP contribution in [0.3, 0.4) is 0 Å². The number of methoxy groups -OCH3 is 1. The molecular weight excluding hydrogens is 210 g/mol. The molecule has 1 aliphatic heterocycles. The Balaban J connectivity index is 2.19. The van der Waals surface area contributed by atoms with E-state index in [-0.39, 0.29) is 0 Å². The summed E-state index contributed by atoms with van der Waals surface area (Å²) in [6.45, 7) is 2.19. The van der Waals surface area contributed by atoms with Gasteiger partial charge in [0.1, 0.15) is 0 Å². The maximum atomic E-state index is 5.75. The van der Waals surface area contributed by atoms with Crippen molar-refractivity contribution in [3.05, 3.63) is 0 Å². The van der Waals surface area contributed by atoms with Gasteiger partial charge in [-0.05, 0) is 24.4 Å². The number of aromatic nitrogens is 1. The smallest absolute Gasteiger partial charge is 0.197 e. The molecule has 0 saturated carbocycles. The Kier molecular flexibility index (Phi) is 3.30. The van der Waals surface area contributed by atoms with Crippen LogP contribution < -0.4 is 15.4 Å². The topological polar surface area (TPSA) is 51.4 Å². The number of nitrogens with zero attached hydrogens (tertiary/aromatic N) is 2. The van der Waals surface area contributed by atoms with Crippen LogP contribution in [0.1, 0.15) is 25.7 Å². The highest BCUT2D eigenvalue weighted by molar-refractivity contribution is 7.11. The summed E-state index contributed by atoms with van der Waals surface area (Å²) in [6.07, 6.45) is 5.15. The van der Waals surface area contributed by atoms with Gasteiger partial charge in [0, 0.05) is 13.1 Å². The van der Waals surface area contributed by atoms with Crippen LogP contribution in [-0.4, -0.2) is 24.6 Å². The minimum absolute atomic E-state index is 0.516. The first-order valence-corrected chi connectivity index (χ1v) is 6.14. The summed E-state index contributed by atoms with van der Waals surface area (Å²) in [5, 5.41) is 1.09. The first kappa shape index (κ1) is 10.5. The molecule has 0 unspecified atom stereocenters. The van der Waals surface area contributed by atoms with E-state index >= 15 is 0 Å². The van der Waals surface area contributed by atoms with Gasteiger partial charge in [0.05, 0.1) is 7.11 Å². The molecule has 1 aromatic rings. The normalized spacial score (nSPS) is 17.5. The van der Waals surface area contributed by atoms with Crippen LogP contribution in [0, 0.1) is 0 Å². The molecule has 0 aliphatic carbocycles. The molecule has 15 heavy (non-hydrogen) atoms. The van der Waals surface area contributed by atoms with Gasteiger partial charge in [0.2, 0.25) is 0 Å². The fourth-order valence-corrected chi connectivity index (χ4v) is 2.79. The van der Waals surface area contributed by atoms with E-state index in [1.807, 2.05) is 0 Å². The third-order valence-corrected chi connectivity index (χ3v) is 3.66. The zero-order valence-electron chi connectivity index (χ0n) is 9.03. The Labute approximate surface area is 94.2 Å². The van der Waals surface area contributed by atoms with Crippen molar-refractivity contribution in [2.75, 3.05) is 30.8 Å². The molecule has 0 radical (unpaired) electrons. The number of rotatable bonds is 2. The van der Waals surface area contributed by atoms with E-state index in [4.69, 9.17) is 10.5 Å². The average Bonchev–Trinajstić information content (AvgIpc) is 2.48. The van der Waals surface area contributed by atoms with Gasteiger partial charge in [-0.1, -0.05) is 12.8 Å². The third kappa shape index (κ3) is 2.17. The standard InChI is InChI=1S/C10H17N3OS/c1-14-8-9(11)12-15-10(8)13-6-4-2-3-5-7-13/h2-7H2,1H3,(H2,11,12). The highest BCUT2D eigenvalue weighted by atomic mass is 32.1. The lowest BCUT2D eigenvalue weighted by Crippen LogP contribution is -2.23. The van der Waals surface area contributed by atoms with E-state index in [0.29, 0.717) is 5.82 Å². The summed E-state index contributed by atoms with van der Waals surface area (Å²) in [5.74, 6) is 1.27. The van der Waals surface area contributed by atoms with Gasteiger partial charge in [-0.3, -0.25) is 0 Å². The Morgan fingerprint density at radius 2 is 1.93 bits per heavy atom. The third-order valence-electron chi connectivity index (χ3n) is 2.75. The van der Waals surface area contributed by atoms with Gasteiger partial charge in [0.25, 0.3) is 0 Å². The summed E-state index contributed by atoms with van der Waals surface area (Å²) < 4.78 is 9.44. The average molecular weight is 227 g/mol. The number of anilines is 2. The Bertz CT molecular complexity index is 318. The van der Waals surface area contributed by atoms with E-state index in [9.17, 15) is 0 Å². The predicted molar refractivity (Wildman–Crippen MR) is 63.8 cm³/mol. The van der Waals surface area contributed by atoms with Gasteiger partial charge >= 0.3 is 0 Å². The number of nitrogen functional groups attached to an aromatic ring is 1. The zero-order valence-corrected chi connectivity index (χ0v) is 9.85. The molecule has 4 nitrogen and oxygen atoms in total. The molecular formula is C10H17N3OS. The summed E-state index contributed by atoms with van der Waals surface area (Å²) in [5.41, 5.74) is 5.75. The summed E-state index contributed by atoms with van der Waals surface area (Å²) in [6, 6.07) is 0. The van der Waals surface area contributed by atoms with Gasteiger partial charge < -0.3 is 15.4 Å². The molecule has 84 valence electrons. The highest BCUT2D eigenvalue weighted by Gasteiger charge is 2.19. The van der Waals surface area contributed by atoms with Gasteiger partial charge in [0.15, 0.2) is 16.6 Å². The number of hydrogen-bond donors (Lipinski definition) is 1. The van der Waals surface area contributed by atoms with Crippen LogP contribution in [0.25, 0.3) is 0 Å². The van der Waals surface area contributed by atoms with Crippen molar-refractivity contribution in [1.82, 2.24) is 4.37 Å². The van der Waals surface area contributed by atoms with Crippen LogP contribution >= 0.6 is 11.5 Å². The Morgan fingerprint density at radius 3 is 2.53 bits per heavy atom. The lowest BCUT2D eigenvalue weighted by atomic mass is 10.2. The maximum Gasteiger partial charge on any atom is 0.197 e. The van der Waals surface area contributed by atoms with Crippen LogP contribution in [0.2, 0.25) is 0 Å². The molecule has 0 atom stereocenters. The molecule has 5 heteroatoms. The Hall–Kier alpha value is -0.970. The van der Waals surface area contributed by atoms with Gasteiger partial charge in [-0.25, -0.2) is 0 Å². The van der Waals surface area contributed by atoms with Gasteiger partial charge in [-0.15, -0.1) is 0 Å². The largest absolute Gasteiger partial charge is 0.490 e.